The van der Waals surface area contributed by atoms with Crippen LogP contribution in [0.25, 0.3) is 0 Å². The van der Waals surface area contributed by atoms with E-state index in [1.54, 1.807) is 28.0 Å². The standard InChI is InChI=1S/C22H29N3O4/c1-22(2,3)25(21(27)28)17-7-4-15(5-8-17)10-11-24-18-12-16(13-23)6-9-19(18)29-14-20(24)26/h6,9,12,15,17H,4-5,7-8,10-11,14H2,1-3H3,(H,27,28). The van der Waals surface area contributed by atoms with Crippen molar-refractivity contribution in [2.24, 2.45) is 5.92 Å². The van der Waals surface area contributed by atoms with E-state index in [1.165, 1.54) is 0 Å². The Bertz CT molecular complexity index is 816. The van der Waals surface area contributed by atoms with Crippen molar-refractivity contribution in [3.8, 4) is 11.8 Å². The summed E-state index contributed by atoms with van der Waals surface area (Å²) in [4.78, 5) is 27.4. The largest absolute Gasteiger partial charge is 0.482 e. The number of carbonyl (C=O) groups excluding carboxylic acids is 1. The summed E-state index contributed by atoms with van der Waals surface area (Å²) < 4.78 is 5.49. The number of ether oxygens (including phenoxy) is 1. The molecule has 3 rings (SSSR count). The van der Waals surface area contributed by atoms with Crippen molar-refractivity contribution in [3.63, 3.8) is 0 Å². The number of rotatable bonds is 4. The molecule has 1 fully saturated rings. The highest BCUT2D eigenvalue weighted by atomic mass is 16.5. The van der Waals surface area contributed by atoms with Gasteiger partial charge in [0.2, 0.25) is 0 Å². The van der Waals surface area contributed by atoms with Crippen molar-refractivity contribution in [1.82, 2.24) is 4.90 Å². The second kappa shape index (κ2) is 8.32. The highest BCUT2D eigenvalue weighted by molar-refractivity contribution is 5.98. The van der Waals surface area contributed by atoms with Crippen LogP contribution in [0.4, 0.5) is 10.5 Å². The van der Waals surface area contributed by atoms with Gasteiger partial charge in [0.15, 0.2) is 6.61 Å². The molecule has 7 heteroatoms. The maximum Gasteiger partial charge on any atom is 0.407 e. The zero-order valence-electron chi connectivity index (χ0n) is 17.4. The summed E-state index contributed by atoms with van der Waals surface area (Å²) in [5.41, 5.74) is 0.758. The van der Waals surface area contributed by atoms with Crippen LogP contribution in [0.2, 0.25) is 0 Å². The lowest BCUT2D eigenvalue weighted by atomic mass is 9.82. The van der Waals surface area contributed by atoms with E-state index in [-0.39, 0.29) is 18.6 Å². The van der Waals surface area contributed by atoms with Gasteiger partial charge in [-0.1, -0.05) is 0 Å². The van der Waals surface area contributed by atoms with E-state index in [0.717, 1.165) is 32.1 Å². The Hall–Kier alpha value is -2.75. The normalized spacial score (nSPS) is 21.7. The lowest BCUT2D eigenvalue weighted by Crippen LogP contribution is -2.52. The molecule has 156 valence electrons. The van der Waals surface area contributed by atoms with Crippen LogP contribution in [-0.4, -0.2) is 46.7 Å². The second-order valence-electron chi connectivity index (χ2n) is 8.91. The summed E-state index contributed by atoms with van der Waals surface area (Å²) >= 11 is 0. The van der Waals surface area contributed by atoms with Crippen molar-refractivity contribution >= 4 is 17.7 Å². The first kappa shape index (κ1) is 21.0. The first-order valence-electron chi connectivity index (χ1n) is 10.2. The van der Waals surface area contributed by atoms with E-state index in [0.29, 0.717) is 29.5 Å². The number of hydrogen-bond acceptors (Lipinski definition) is 4. The van der Waals surface area contributed by atoms with Crippen LogP contribution >= 0.6 is 0 Å². The maximum absolute atomic E-state index is 12.4. The fourth-order valence-corrected chi connectivity index (χ4v) is 4.51. The van der Waals surface area contributed by atoms with Gasteiger partial charge in [0, 0.05) is 18.1 Å². The number of nitriles is 1. The average Bonchev–Trinajstić information content (AvgIpc) is 2.66. The topological polar surface area (TPSA) is 93.9 Å². The fourth-order valence-electron chi connectivity index (χ4n) is 4.51. The number of carbonyl (C=O) groups is 2. The summed E-state index contributed by atoms with van der Waals surface area (Å²) in [5.74, 6) is 1.00. The third kappa shape index (κ3) is 4.64. The smallest absolute Gasteiger partial charge is 0.407 e. The Morgan fingerprint density at radius 1 is 1.31 bits per heavy atom. The molecule has 2 aliphatic rings. The zero-order chi connectivity index (χ0) is 21.2. The number of carboxylic acid groups (broad SMARTS) is 1. The van der Waals surface area contributed by atoms with Gasteiger partial charge >= 0.3 is 6.09 Å². The van der Waals surface area contributed by atoms with Gasteiger partial charge in [-0.3, -0.25) is 4.79 Å². The van der Waals surface area contributed by atoms with Crippen LogP contribution in [0, 0.1) is 17.2 Å². The van der Waals surface area contributed by atoms with Crippen LogP contribution in [0.3, 0.4) is 0 Å². The fraction of sp³-hybridized carbons (Fsp3) is 0.591. The monoisotopic (exact) mass is 399 g/mol. The minimum Gasteiger partial charge on any atom is -0.482 e. The first-order chi connectivity index (χ1) is 13.7. The van der Waals surface area contributed by atoms with Crippen LogP contribution in [0.5, 0.6) is 5.75 Å². The van der Waals surface area contributed by atoms with E-state index >= 15 is 0 Å². The molecular weight excluding hydrogens is 370 g/mol. The number of amides is 2. The number of anilines is 1. The van der Waals surface area contributed by atoms with Gasteiger partial charge in [-0.05, 0) is 77.0 Å². The predicted molar refractivity (Wildman–Crippen MR) is 109 cm³/mol. The number of nitrogens with zero attached hydrogens (tertiary/aromatic N) is 3. The zero-order valence-corrected chi connectivity index (χ0v) is 17.4. The molecule has 0 aromatic heterocycles. The molecule has 1 aromatic rings. The lowest BCUT2D eigenvalue weighted by molar-refractivity contribution is -0.121. The van der Waals surface area contributed by atoms with Crippen molar-refractivity contribution in [3.05, 3.63) is 23.8 Å². The molecule has 0 saturated heterocycles. The van der Waals surface area contributed by atoms with Crippen LogP contribution in [0.15, 0.2) is 18.2 Å². The molecule has 0 unspecified atom stereocenters. The molecule has 1 aromatic carbocycles. The molecule has 0 radical (unpaired) electrons. The minimum atomic E-state index is -0.857. The lowest BCUT2D eigenvalue weighted by Gasteiger charge is -2.43. The Kier molecular flexibility index (Phi) is 6.02. The van der Waals surface area contributed by atoms with Gasteiger partial charge < -0.3 is 19.6 Å². The molecule has 1 N–H and O–H groups in total. The summed E-state index contributed by atoms with van der Waals surface area (Å²) in [7, 11) is 0. The molecule has 1 saturated carbocycles. The Balaban J connectivity index is 1.61. The van der Waals surface area contributed by atoms with Crippen LogP contribution < -0.4 is 9.64 Å². The average molecular weight is 399 g/mol. The molecule has 0 bridgehead atoms. The van der Waals surface area contributed by atoms with Gasteiger partial charge in [0.1, 0.15) is 5.75 Å². The first-order valence-corrected chi connectivity index (χ1v) is 10.2. The molecule has 1 aliphatic carbocycles. The van der Waals surface area contributed by atoms with Crippen molar-refractivity contribution in [2.75, 3.05) is 18.1 Å². The van der Waals surface area contributed by atoms with Crippen LogP contribution in [-0.2, 0) is 4.79 Å². The van der Waals surface area contributed by atoms with Gasteiger partial charge in [-0.15, -0.1) is 0 Å². The number of benzene rings is 1. The second-order valence-corrected chi connectivity index (χ2v) is 8.91. The molecule has 1 heterocycles. The van der Waals surface area contributed by atoms with Crippen molar-refractivity contribution < 1.29 is 19.4 Å². The van der Waals surface area contributed by atoms with E-state index < -0.39 is 11.6 Å². The quantitative estimate of drug-likeness (QED) is 0.825. The van der Waals surface area contributed by atoms with Crippen molar-refractivity contribution in [2.45, 2.75) is 64.5 Å². The van der Waals surface area contributed by atoms with E-state index in [9.17, 15) is 14.7 Å². The van der Waals surface area contributed by atoms with Gasteiger partial charge in [-0.25, -0.2) is 4.79 Å². The third-order valence-corrected chi connectivity index (χ3v) is 5.90. The summed E-state index contributed by atoms with van der Waals surface area (Å²) in [5, 5.41) is 18.8. The Morgan fingerprint density at radius 2 is 2.00 bits per heavy atom. The molecule has 0 spiro atoms. The molecule has 2 amide bonds. The van der Waals surface area contributed by atoms with Gasteiger partial charge in [-0.2, -0.15) is 5.26 Å². The predicted octanol–water partition coefficient (Wildman–Crippen LogP) is 4.01. The van der Waals surface area contributed by atoms with Crippen molar-refractivity contribution in [1.29, 1.82) is 5.26 Å². The number of hydrogen-bond donors (Lipinski definition) is 1. The van der Waals surface area contributed by atoms with Crippen LogP contribution in [0.1, 0.15) is 58.4 Å². The molecule has 7 nitrogen and oxygen atoms in total. The summed E-state index contributed by atoms with van der Waals surface area (Å²) in [6, 6.07) is 7.30. The Labute approximate surface area is 171 Å². The van der Waals surface area contributed by atoms with E-state index in [2.05, 4.69) is 6.07 Å². The third-order valence-electron chi connectivity index (χ3n) is 5.90. The van der Waals surface area contributed by atoms with E-state index in [1.807, 2.05) is 20.8 Å². The minimum absolute atomic E-state index is 0.0186. The SMILES string of the molecule is CC(C)(C)N(C(=O)O)C1CCC(CCN2C(=O)COc3ccc(C#N)cc32)CC1. The molecule has 29 heavy (non-hydrogen) atoms. The summed E-state index contributed by atoms with van der Waals surface area (Å²) in [6.45, 7) is 6.41. The molecule has 1 aliphatic heterocycles. The number of fused-ring (bicyclic) bond motifs is 1. The molecule has 0 atom stereocenters. The Morgan fingerprint density at radius 3 is 2.59 bits per heavy atom. The molecular formula is C22H29N3O4. The van der Waals surface area contributed by atoms with Gasteiger partial charge in [0.05, 0.1) is 17.3 Å². The summed E-state index contributed by atoms with van der Waals surface area (Å²) in [6.07, 6.45) is 3.60. The highest BCUT2D eigenvalue weighted by Crippen LogP contribution is 2.36. The maximum atomic E-state index is 12.4. The van der Waals surface area contributed by atoms with Gasteiger partial charge in [0.25, 0.3) is 5.91 Å². The van der Waals surface area contributed by atoms with E-state index in [4.69, 9.17) is 10.00 Å². The highest BCUT2D eigenvalue weighted by Gasteiger charge is 2.36.